The van der Waals surface area contributed by atoms with E-state index in [0.717, 1.165) is 13.0 Å². The van der Waals surface area contributed by atoms with Gasteiger partial charge in [0.25, 0.3) is 0 Å². The smallest absolute Gasteiger partial charge is 0.0340 e. The van der Waals surface area contributed by atoms with Gasteiger partial charge in [-0.15, -0.1) is 11.6 Å². The van der Waals surface area contributed by atoms with Gasteiger partial charge in [-0.3, -0.25) is 0 Å². The third kappa shape index (κ3) is 4.51. The van der Waals surface area contributed by atoms with Gasteiger partial charge in [-0.25, -0.2) is 0 Å². The molecule has 2 rings (SSSR count). The molecule has 0 bridgehead atoms. The quantitative estimate of drug-likeness (QED) is 0.601. The monoisotopic (exact) mass is 266 g/mol. The Hall–Kier alpha value is -0.730. The molecule has 1 aromatic rings. The van der Waals surface area contributed by atoms with Crippen LogP contribution < -0.4 is 5.32 Å². The van der Waals surface area contributed by atoms with Gasteiger partial charge >= 0.3 is 0 Å². The van der Waals surface area contributed by atoms with Crippen molar-refractivity contribution < 1.29 is 0 Å². The van der Waals surface area contributed by atoms with Gasteiger partial charge < -0.3 is 10.2 Å². The highest BCUT2D eigenvalue weighted by Gasteiger charge is 2.09. The molecule has 18 heavy (non-hydrogen) atoms. The summed E-state index contributed by atoms with van der Waals surface area (Å²) in [5, 5.41) is 3.48. The summed E-state index contributed by atoms with van der Waals surface area (Å²) in [5.74, 6) is 0.697. The van der Waals surface area contributed by atoms with Crippen molar-refractivity contribution in [1.29, 1.82) is 0 Å². The molecule has 3 heteroatoms. The molecule has 1 aliphatic heterocycles. The van der Waals surface area contributed by atoms with Crippen LogP contribution in [-0.2, 0) is 6.42 Å². The van der Waals surface area contributed by atoms with Gasteiger partial charge in [0, 0.05) is 18.1 Å². The zero-order valence-electron chi connectivity index (χ0n) is 11.0. The van der Waals surface area contributed by atoms with Crippen molar-refractivity contribution >= 4 is 17.3 Å². The Kier molecular flexibility index (Phi) is 5.82. The average molecular weight is 267 g/mol. The fraction of sp³-hybridized carbons (Fsp3) is 0.600. The van der Waals surface area contributed by atoms with Crippen molar-refractivity contribution in [1.82, 2.24) is 4.90 Å². The van der Waals surface area contributed by atoms with E-state index in [9.17, 15) is 0 Å². The molecule has 100 valence electrons. The number of rotatable bonds is 7. The van der Waals surface area contributed by atoms with E-state index in [4.69, 9.17) is 11.6 Å². The van der Waals surface area contributed by atoms with Gasteiger partial charge in [0.1, 0.15) is 0 Å². The molecule has 1 N–H and O–H groups in total. The van der Waals surface area contributed by atoms with E-state index in [-0.39, 0.29) is 0 Å². The average Bonchev–Trinajstić information content (AvgIpc) is 2.90. The van der Waals surface area contributed by atoms with Crippen molar-refractivity contribution in [3.8, 4) is 0 Å². The third-order valence-electron chi connectivity index (χ3n) is 3.52. The van der Waals surface area contributed by atoms with Gasteiger partial charge in [-0.1, -0.05) is 12.1 Å². The highest BCUT2D eigenvalue weighted by molar-refractivity contribution is 6.17. The molecular weight excluding hydrogens is 244 g/mol. The summed E-state index contributed by atoms with van der Waals surface area (Å²) < 4.78 is 0. The summed E-state index contributed by atoms with van der Waals surface area (Å²) in [4.78, 5) is 2.56. The summed E-state index contributed by atoms with van der Waals surface area (Å²) in [5.41, 5.74) is 2.53. The molecule has 0 aromatic heterocycles. The van der Waals surface area contributed by atoms with Crippen molar-refractivity contribution in [2.45, 2.75) is 25.7 Å². The summed E-state index contributed by atoms with van der Waals surface area (Å²) in [6.07, 6.45) is 4.95. The summed E-state index contributed by atoms with van der Waals surface area (Å²) >= 11 is 5.72. The van der Waals surface area contributed by atoms with Gasteiger partial charge in [0.15, 0.2) is 0 Å². The van der Waals surface area contributed by atoms with E-state index < -0.39 is 0 Å². The minimum absolute atomic E-state index is 0.697. The minimum atomic E-state index is 0.697. The van der Waals surface area contributed by atoms with Crippen molar-refractivity contribution in [2.24, 2.45) is 0 Å². The molecule has 1 heterocycles. The maximum Gasteiger partial charge on any atom is 0.0340 e. The Balaban J connectivity index is 1.63. The largest absolute Gasteiger partial charge is 0.385 e. The molecule has 1 aliphatic rings. The molecule has 1 aromatic carbocycles. The van der Waals surface area contributed by atoms with Crippen LogP contribution in [-0.4, -0.2) is 37.0 Å². The molecule has 0 aliphatic carbocycles. The molecule has 0 unspecified atom stereocenters. The van der Waals surface area contributed by atoms with Crippen LogP contribution in [0.15, 0.2) is 24.3 Å². The Bertz CT molecular complexity index is 331. The first kappa shape index (κ1) is 13.7. The number of nitrogens with zero attached hydrogens (tertiary/aromatic N) is 1. The number of hydrogen-bond donors (Lipinski definition) is 1. The topological polar surface area (TPSA) is 15.3 Å². The van der Waals surface area contributed by atoms with Crippen LogP contribution in [0.5, 0.6) is 0 Å². The summed E-state index contributed by atoms with van der Waals surface area (Å²) in [6.45, 7) is 4.89. The molecule has 0 spiro atoms. The van der Waals surface area contributed by atoms with E-state index >= 15 is 0 Å². The lowest BCUT2D eigenvalue weighted by Gasteiger charge is -2.14. The third-order valence-corrected chi connectivity index (χ3v) is 3.71. The van der Waals surface area contributed by atoms with Crippen LogP contribution in [0.25, 0.3) is 0 Å². The number of aryl methyl sites for hydroxylation is 1. The second kappa shape index (κ2) is 7.65. The molecule has 0 amide bonds. The zero-order chi connectivity index (χ0) is 12.6. The normalized spacial score (nSPS) is 16.1. The van der Waals surface area contributed by atoms with Crippen molar-refractivity contribution in [3.05, 3.63) is 29.8 Å². The molecular formula is C15H23ClN2. The summed E-state index contributed by atoms with van der Waals surface area (Å²) in [7, 11) is 0. The number of hydrogen-bond acceptors (Lipinski definition) is 2. The fourth-order valence-electron chi connectivity index (χ4n) is 2.44. The summed E-state index contributed by atoms with van der Waals surface area (Å²) in [6, 6.07) is 8.62. The number of halogens is 1. The number of nitrogens with one attached hydrogen (secondary N) is 1. The predicted octanol–water partition coefficient (Wildman–Crippen LogP) is 3.37. The van der Waals surface area contributed by atoms with E-state index in [1.165, 1.54) is 50.1 Å². The number of benzene rings is 1. The van der Waals surface area contributed by atoms with Gasteiger partial charge in [-0.05, 0) is 63.0 Å². The lowest BCUT2D eigenvalue weighted by molar-refractivity contribution is 0.337. The number of alkyl halides is 1. The van der Waals surface area contributed by atoms with E-state index in [0.29, 0.717) is 5.88 Å². The number of likely N-dealkylation sites (tertiary alicyclic amines) is 1. The van der Waals surface area contributed by atoms with Crippen LogP contribution in [0.1, 0.15) is 24.8 Å². The molecule has 0 atom stereocenters. The maximum absolute atomic E-state index is 5.72. The highest BCUT2D eigenvalue weighted by atomic mass is 35.5. The van der Waals surface area contributed by atoms with Crippen molar-refractivity contribution in [2.75, 3.05) is 37.4 Å². The first-order valence-corrected chi connectivity index (χ1v) is 7.53. The predicted molar refractivity (Wildman–Crippen MR) is 79.6 cm³/mol. The van der Waals surface area contributed by atoms with Gasteiger partial charge in [0.2, 0.25) is 0 Å². The molecule has 1 saturated heterocycles. The maximum atomic E-state index is 5.72. The molecule has 2 nitrogen and oxygen atoms in total. The highest BCUT2D eigenvalue weighted by Crippen LogP contribution is 2.11. The first-order valence-electron chi connectivity index (χ1n) is 6.99. The Labute approximate surface area is 115 Å². The Morgan fingerprint density at radius 2 is 1.83 bits per heavy atom. The first-order chi connectivity index (χ1) is 8.88. The number of anilines is 1. The van der Waals surface area contributed by atoms with Gasteiger partial charge in [-0.2, -0.15) is 0 Å². The van der Waals surface area contributed by atoms with Gasteiger partial charge in [0.05, 0.1) is 0 Å². The lowest BCUT2D eigenvalue weighted by atomic mass is 10.1. The second-order valence-corrected chi connectivity index (χ2v) is 5.34. The van der Waals surface area contributed by atoms with E-state index in [2.05, 4.69) is 34.5 Å². The van der Waals surface area contributed by atoms with Crippen LogP contribution in [0.3, 0.4) is 0 Å². The molecule has 0 radical (unpaired) electrons. The van der Waals surface area contributed by atoms with Crippen LogP contribution in [0.4, 0.5) is 5.69 Å². The van der Waals surface area contributed by atoms with E-state index in [1.807, 2.05) is 0 Å². The SMILES string of the molecule is ClCCc1ccc(NCCCN2CCCC2)cc1. The van der Waals surface area contributed by atoms with E-state index in [1.54, 1.807) is 0 Å². The van der Waals surface area contributed by atoms with Crippen LogP contribution >= 0.6 is 11.6 Å². The van der Waals surface area contributed by atoms with Crippen LogP contribution in [0, 0.1) is 0 Å². The second-order valence-electron chi connectivity index (χ2n) is 4.96. The van der Waals surface area contributed by atoms with Crippen LogP contribution in [0.2, 0.25) is 0 Å². The lowest BCUT2D eigenvalue weighted by Crippen LogP contribution is -2.22. The fourth-order valence-corrected chi connectivity index (χ4v) is 2.66. The molecule has 0 saturated carbocycles. The Morgan fingerprint density at radius 1 is 1.11 bits per heavy atom. The standard InChI is InChI=1S/C15H23ClN2/c16-9-8-14-4-6-15(7-5-14)17-10-3-13-18-11-1-2-12-18/h4-7,17H,1-3,8-13H2. The van der Waals surface area contributed by atoms with Crippen molar-refractivity contribution in [3.63, 3.8) is 0 Å². The zero-order valence-corrected chi connectivity index (χ0v) is 11.8. The minimum Gasteiger partial charge on any atom is -0.385 e. The Morgan fingerprint density at radius 3 is 2.50 bits per heavy atom. The molecule has 1 fully saturated rings.